The fourth-order valence-corrected chi connectivity index (χ4v) is 2.47. The molecule has 0 aromatic heterocycles. The van der Waals surface area contributed by atoms with Crippen LogP contribution in [-0.4, -0.2) is 30.1 Å². The third-order valence-electron chi connectivity index (χ3n) is 3.45. The zero-order chi connectivity index (χ0) is 15.7. The van der Waals surface area contributed by atoms with Gasteiger partial charge in [0.15, 0.2) is 5.11 Å². The van der Waals surface area contributed by atoms with Gasteiger partial charge in [-0.3, -0.25) is 0 Å². The zero-order valence-electron chi connectivity index (χ0n) is 11.7. The van der Waals surface area contributed by atoms with E-state index in [1.54, 1.807) is 18.9 Å². The number of carbonyl (C=O) groups is 1. The highest BCUT2D eigenvalue weighted by molar-refractivity contribution is 7.80. The van der Waals surface area contributed by atoms with Gasteiger partial charge >= 0.3 is 5.97 Å². The molecule has 21 heavy (non-hydrogen) atoms. The van der Waals surface area contributed by atoms with Crippen molar-refractivity contribution in [1.29, 1.82) is 0 Å². The van der Waals surface area contributed by atoms with Gasteiger partial charge in [-0.15, -0.1) is 0 Å². The highest BCUT2D eigenvalue weighted by Gasteiger charge is 2.36. The summed E-state index contributed by atoms with van der Waals surface area (Å²) < 4.78 is 32.8. The molecule has 0 aliphatic carbocycles. The van der Waals surface area contributed by atoms with Crippen LogP contribution in [0.1, 0.15) is 18.5 Å². The molecule has 0 fully saturated rings. The molecule has 0 bridgehead atoms. The molecular weight excluding hydrogens is 298 g/mol. The lowest BCUT2D eigenvalue weighted by Gasteiger charge is -2.35. The van der Waals surface area contributed by atoms with Crippen molar-refractivity contribution in [3.05, 3.63) is 46.7 Å². The number of hydrogen-bond donors (Lipinski definition) is 1. The van der Waals surface area contributed by atoms with Crippen molar-refractivity contribution in [3.63, 3.8) is 0 Å². The summed E-state index contributed by atoms with van der Waals surface area (Å²) in [6.07, 6.45) is 0. The van der Waals surface area contributed by atoms with Crippen LogP contribution in [0, 0.1) is 11.6 Å². The fraction of sp³-hybridized carbons (Fsp3) is 0.286. The third kappa shape index (κ3) is 2.61. The number of benzene rings is 1. The van der Waals surface area contributed by atoms with Crippen LogP contribution in [0.5, 0.6) is 0 Å². The second-order valence-electron chi connectivity index (χ2n) is 4.57. The van der Waals surface area contributed by atoms with Gasteiger partial charge in [0.05, 0.1) is 24.3 Å². The topological polar surface area (TPSA) is 41.6 Å². The maximum absolute atomic E-state index is 14.0. The minimum atomic E-state index is -1.03. The lowest BCUT2D eigenvalue weighted by atomic mass is 9.94. The molecule has 0 unspecified atom stereocenters. The monoisotopic (exact) mass is 312 g/mol. The first kappa shape index (κ1) is 15.4. The van der Waals surface area contributed by atoms with Crippen molar-refractivity contribution in [3.8, 4) is 0 Å². The van der Waals surface area contributed by atoms with Crippen molar-refractivity contribution in [2.75, 3.05) is 14.2 Å². The van der Waals surface area contributed by atoms with Crippen molar-refractivity contribution in [2.45, 2.75) is 13.0 Å². The largest absolute Gasteiger partial charge is 0.466 e. The number of nitrogens with zero attached hydrogens (tertiary/aromatic N) is 1. The zero-order valence-corrected chi connectivity index (χ0v) is 12.6. The molecule has 1 N–H and O–H groups in total. The molecular formula is C14H14F2N2O2S. The molecule has 7 heteroatoms. The number of halogens is 2. The van der Waals surface area contributed by atoms with E-state index in [1.807, 2.05) is 0 Å². The average Bonchev–Trinajstić information content (AvgIpc) is 2.44. The van der Waals surface area contributed by atoms with E-state index >= 15 is 0 Å². The van der Waals surface area contributed by atoms with Crippen molar-refractivity contribution >= 4 is 23.3 Å². The fourth-order valence-electron chi connectivity index (χ4n) is 2.21. The predicted molar refractivity (Wildman–Crippen MR) is 77.3 cm³/mol. The number of allylic oxidation sites excluding steroid dienone is 1. The van der Waals surface area contributed by atoms with Gasteiger partial charge in [0.1, 0.15) is 11.6 Å². The van der Waals surface area contributed by atoms with Gasteiger partial charge in [-0.1, -0.05) is 6.07 Å². The van der Waals surface area contributed by atoms with E-state index in [4.69, 9.17) is 17.0 Å². The quantitative estimate of drug-likeness (QED) is 0.670. The Balaban J connectivity index is 2.65. The number of nitrogens with one attached hydrogen (secondary N) is 1. The molecule has 1 aromatic carbocycles. The summed E-state index contributed by atoms with van der Waals surface area (Å²) in [6, 6.07) is 2.50. The van der Waals surface area contributed by atoms with E-state index in [0.717, 1.165) is 12.1 Å². The van der Waals surface area contributed by atoms with E-state index in [0.29, 0.717) is 5.70 Å². The van der Waals surface area contributed by atoms with Crippen LogP contribution in [0.25, 0.3) is 0 Å². The van der Waals surface area contributed by atoms with Crippen LogP contribution < -0.4 is 5.32 Å². The summed E-state index contributed by atoms with van der Waals surface area (Å²) in [7, 11) is 2.87. The second-order valence-corrected chi connectivity index (χ2v) is 4.95. The summed E-state index contributed by atoms with van der Waals surface area (Å²) in [4.78, 5) is 13.6. The molecule has 0 spiro atoms. The van der Waals surface area contributed by atoms with Gasteiger partial charge in [-0.25, -0.2) is 13.6 Å². The molecule has 0 saturated heterocycles. The van der Waals surface area contributed by atoms with E-state index in [9.17, 15) is 13.6 Å². The van der Waals surface area contributed by atoms with Crippen LogP contribution in [-0.2, 0) is 9.53 Å². The van der Waals surface area contributed by atoms with Gasteiger partial charge in [0, 0.05) is 12.7 Å². The van der Waals surface area contributed by atoms with Crippen LogP contribution in [0.4, 0.5) is 8.78 Å². The van der Waals surface area contributed by atoms with E-state index in [1.165, 1.54) is 13.2 Å². The average molecular weight is 312 g/mol. The molecule has 1 heterocycles. The first-order chi connectivity index (χ1) is 9.88. The molecule has 1 aliphatic heterocycles. The van der Waals surface area contributed by atoms with Crippen LogP contribution in [0.3, 0.4) is 0 Å². The lowest BCUT2D eigenvalue weighted by molar-refractivity contribution is -0.136. The minimum Gasteiger partial charge on any atom is -0.466 e. The summed E-state index contributed by atoms with van der Waals surface area (Å²) in [6.45, 7) is 1.64. The molecule has 0 amide bonds. The highest BCUT2D eigenvalue weighted by Crippen LogP contribution is 2.33. The SMILES string of the molecule is COC(=O)C1=C(C)N(C)C(=S)N[C@@H]1c1c(F)cccc1F. The van der Waals surface area contributed by atoms with Crippen LogP contribution in [0.2, 0.25) is 0 Å². The van der Waals surface area contributed by atoms with E-state index in [-0.39, 0.29) is 16.2 Å². The van der Waals surface area contributed by atoms with Crippen molar-refractivity contribution in [2.24, 2.45) is 0 Å². The summed E-state index contributed by atoms with van der Waals surface area (Å²) in [5.74, 6) is -2.18. The number of methoxy groups -OCH3 is 1. The molecule has 0 radical (unpaired) electrons. The van der Waals surface area contributed by atoms with Gasteiger partial charge in [0.2, 0.25) is 0 Å². The Labute approximate surface area is 126 Å². The molecule has 0 saturated carbocycles. The normalized spacial score (nSPS) is 18.6. The molecule has 4 nitrogen and oxygen atoms in total. The summed E-state index contributed by atoms with van der Waals surface area (Å²) >= 11 is 5.13. The number of rotatable bonds is 2. The maximum Gasteiger partial charge on any atom is 0.337 e. The Morgan fingerprint density at radius 2 is 1.95 bits per heavy atom. The Morgan fingerprint density at radius 3 is 2.48 bits per heavy atom. The second kappa shape index (κ2) is 5.77. The molecule has 1 aliphatic rings. The van der Waals surface area contributed by atoms with Crippen molar-refractivity contribution < 1.29 is 18.3 Å². The first-order valence-electron chi connectivity index (χ1n) is 6.15. The van der Waals surface area contributed by atoms with Gasteiger partial charge < -0.3 is 15.0 Å². The highest BCUT2D eigenvalue weighted by atomic mass is 32.1. The maximum atomic E-state index is 14.0. The smallest absolute Gasteiger partial charge is 0.337 e. The van der Waals surface area contributed by atoms with Crippen molar-refractivity contribution in [1.82, 2.24) is 10.2 Å². The number of thiocarbonyl (C=S) groups is 1. The first-order valence-corrected chi connectivity index (χ1v) is 6.56. The predicted octanol–water partition coefficient (Wildman–Crippen LogP) is 2.27. The lowest BCUT2D eigenvalue weighted by Crippen LogP contribution is -2.46. The molecule has 112 valence electrons. The van der Waals surface area contributed by atoms with Crippen LogP contribution in [0.15, 0.2) is 29.5 Å². The Hall–Kier alpha value is -2.02. The number of carbonyl (C=O) groups excluding carboxylic acids is 1. The van der Waals surface area contributed by atoms with Crippen LogP contribution >= 0.6 is 12.2 Å². The van der Waals surface area contributed by atoms with E-state index < -0.39 is 23.6 Å². The molecule has 1 aromatic rings. The van der Waals surface area contributed by atoms with Gasteiger partial charge in [-0.05, 0) is 31.3 Å². The standard InChI is InChI=1S/C14H14F2N2O2S/c1-7-10(13(19)20-3)12(17-14(21)18(7)2)11-8(15)5-4-6-9(11)16/h4-6,12H,1-3H3,(H,17,21)/t12-/m0/s1. The van der Waals surface area contributed by atoms with Gasteiger partial charge in [-0.2, -0.15) is 0 Å². The Morgan fingerprint density at radius 1 is 1.38 bits per heavy atom. The summed E-state index contributed by atoms with van der Waals surface area (Å²) in [5.41, 5.74) is 0.351. The number of hydrogen-bond acceptors (Lipinski definition) is 3. The third-order valence-corrected chi connectivity index (χ3v) is 3.84. The van der Waals surface area contributed by atoms with E-state index in [2.05, 4.69) is 5.32 Å². The summed E-state index contributed by atoms with van der Waals surface area (Å²) in [5, 5.41) is 3.05. The number of ether oxygens (including phenoxy) is 1. The Kier molecular flexibility index (Phi) is 4.22. The number of esters is 1. The van der Waals surface area contributed by atoms with Gasteiger partial charge in [0.25, 0.3) is 0 Å². The molecule has 2 rings (SSSR count). The Bertz CT molecular complexity index is 626. The molecule has 1 atom stereocenters. The minimum absolute atomic E-state index is 0.123.